The van der Waals surface area contributed by atoms with Crippen molar-refractivity contribution in [3.8, 4) is 0 Å². The van der Waals surface area contributed by atoms with Gasteiger partial charge in [-0.25, -0.2) is 0 Å². The van der Waals surface area contributed by atoms with E-state index in [1.165, 1.54) is 18.7 Å². The minimum Gasteiger partial charge on any atom is -0.370 e. The predicted octanol–water partition coefficient (Wildman–Crippen LogP) is 0.464. The lowest BCUT2D eigenvalue weighted by Gasteiger charge is -2.30. The number of carbonyl (C=O) groups excluding carboxylic acids is 9. The third kappa shape index (κ3) is 15.2. The molecule has 3 aromatic rings. The Labute approximate surface area is 390 Å². The first-order chi connectivity index (χ1) is 32.0. The molecule has 358 valence electrons. The third-order valence-corrected chi connectivity index (χ3v) is 11.7. The lowest BCUT2D eigenvalue weighted by atomic mass is 9.99. The van der Waals surface area contributed by atoms with Crippen molar-refractivity contribution < 1.29 is 43.2 Å². The van der Waals surface area contributed by atoms with E-state index in [2.05, 4.69) is 37.2 Å². The van der Waals surface area contributed by atoms with Crippen molar-refractivity contribution in [2.24, 2.45) is 11.7 Å². The van der Waals surface area contributed by atoms with Crippen molar-refractivity contribution in [2.75, 3.05) is 6.54 Å². The predicted molar refractivity (Wildman–Crippen MR) is 248 cm³/mol. The lowest BCUT2D eigenvalue weighted by molar-refractivity contribution is -0.142. The smallest absolute Gasteiger partial charge is 0.245 e. The number of rotatable bonds is 11. The van der Waals surface area contributed by atoms with E-state index in [1.807, 2.05) is 19.9 Å². The standard InChI is InChI=1S/C49H63N9O9/c1-29(2)25-36-45(63)55-38(27-33-17-10-6-11-18-33)47(65)56-39(28-34-19-12-7-13-20-34)46(64)54-37(26-32-15-8-5-9-16-32)44(62)51-30(3)42(60)53-35(22-23-41(50)59)43(61)52-31(4)49(67)58-24-14-21-40(58)48(66)57-36/h5-13,15-20,29-31,35-40H,14,21-28H2,1-4H3,(H2,50,59)(H,51,62)(H,52,61)(H,53,60)(H,54,64)(H,55,63)(H,56,65)(H,57,66). The molecule has 0 radical (unpaired) electrons. The van der Waals surface area contributed by atoms with Crippen LogP contribution in [-0.4, -0.2) is 113 Å². The van der Waals surface area contributed by atoms with E-state index in [0.29, 0.717) is 23.1 Å². The first-order valence-corrected chi connectivity index (χ1v) is 22.8. The number of hydrogen-bond donors (Lipinski definition) is 8. The van der Waals surface area contributed by atoms with Crippen LogP contribution < -0.4 is 43.0 Å². The topological polar surface area (TPSA) is 267 Å². The molecule has 18 nitrogen and oxygen atoms in total. The number of amides is 9. The van der Waals surface area contributed by atoms with Crippen LogP contribution in [0, 0.1) is 5.92 Å². The molecule has 0 spiro atoms. The maximum absolute atomic E-state index is 14.6. The quantitative estimate of drug-likeness (QED) is 0.133. The van der Waals surface area contributed by atoms with Gasteiger partial charge in [0.15, 0.2) is 0 Å². The SMILES string of the molecule is CC(C)CC1NC(=O)C2CCCN2C(=O)C(C)NC(=O)C(CCC(N)=O)NC(=O)C(C)NC(=O)C(Cc2ccccc2)NC(=O)C(Cc2ccccc2)NC(=O)C(Cc2ccccc2)NC1=O. The number of hydrogen-bond acceptors (Lipinski definition) is 9. The molecule has 5 rings (SSSR count). The molecule has 9 N–H and O–H groups in total. The third-order valence-electron chi connectivity index (χ3n) is 11.7. The number of nitrogens with two attached hydrogens (primary N) is 1. The van der Waals surface area contributed by atoms with Crippen molar-refractivity contribution in [3.05, 3.63) is 108 Å². The molecular formula is C49H63N9O9. The molecule has 2 aliphatic rings. The normalized spacial score (nSPS) is 25.3. The van der Waals surface area contributed by atoms with Gasteiger partial charge >= 0.3 is 0 Å². The highest BCUT2D eigenvalue weighted by Gasteiger charge is 2.40. The van der Waals surface area contributed by atoms with Crippen molar-refractivity contribution in [2.45, 2.75) is 127 Å². The van der Waals surface area contributed by atoms with E-state index in [0.717, 1.165) is 0 Å². The average Bonchev–Trinajstić information content (AvgIpc) is 3.80. The van der Waals surface area contributed by atoms with Gasteiger partial charge < -0.3 is 47.9 Å². The van der Waals surface area contributed by atoms with E-state index < -0.39 is 101 Å². The zero-order valence-corrected chi connectivity index (χ0v) is 38.4. The number of benzene rings is 3. The molecule has 8 atom stereocenters. The summed E-state index contributed by atoms with van der Waals surface area (Å²) < 4.78 is 0. The van der Waals surface area contributed by atoms with Crippen LogP contribution in [0.1, 0.15) is 76.5 Å². The summed E-state index contributed by atoms with van der Waals surface area (Å²) in [5, 5.41) is 19.1. The number of carbonyl (C=O) groups is 9. The van der Waals surface area contributed by atoms with Gasteiger partial charge in [0, 0.05) is 32.2 Å². The summed E-state index contributed by atoms with van der Waals surface area (Å²) in [6.07, 6.45) is 0.320. The second kappa shape index (κ2) is 24.4. The number of fused-ring (bicyclic) bond motifs is 1. The van der Waals surface area contributed by atoms with Gasteiger partial charge in [-0.05, 0) is 62.1 Å². The van der Waals surface area contributed by atoms with Gasteiger partial charge in [0.1, 0.15) is 48.3 Å². The van der Waals surface area contributed by atoms with E-state index >= 15 is 0 Å². The van der Waals surface area contributed by atoms with Crippen molar-refractivity contribution >= 4 is 53.2 Å². The summed E-state index contributed by atoms with van der Waals surface area (Å²) in [7, 11) is 0. The maximum Gasteiger partial charge on any atom is 0.245 e. The summed E-state index contributed by atoms with van der Waals surface area (Å²) in [6, 6.07) is 16.9. The largest absolute Gasteiger partial charge is 0.370 e. The lowest BCUT2D eigenvalue weighted by Crippen LogP contribution is -2.61. The van der Waals surface area contributed by atoms with Crippen LogP contribution in [-0.2, 0) is 62.4 Å². The second-order valence-electron chi connectivity index (χ2n) is 17.7. The Bertz CT molecular complexity index is 2230. The molecule has 2 saturated heterocycles. The minimum absolute atomic E-state index is 0.0112. The Morgan fingerprint density at radius 1 is 0.537 bits per heavy atom. The summed E-state index contributed by atoms with van der Waals surface area (Å²) >= 11 is 0. The first-order valence-electron chi connectivity index (χ1n) is 22.8. The van der Waals surface area contributed by atoms with Crippen LogP contribution in [0.4, 0.5) is 0 Å². The molecule has 2 fully saturated rings. The zero-order chi connectivity index (χ0) is 48.6. The van der Waals surface area contributed by atoms with Crippen LogP contribution in [0.25, 0.3) is 0 Å². The number of primary amides is 1. The average molecular weight is 922 g/mol. The minimum atomic E-state index is -1.37. The summed E-state index contributed by atoms with van der Waals surface area (Å²) in [4.78, 5) is 126. The van der Waals surface area contributed by atoms with Crippen LogP contribution in [0.3, 0.4) is 0 Å². The van der Waals surface area contributed by atoms with E-state index in [-0.39, 0.29) is 57.4 Å². The molecule has 8 unspecified atom stereocenters. The summed E-state index contributed by atoms with van der Waals surface area (Å²) in [5.74, 6) is -6.55. The van der Waals surface area contributed by atoms with Gasteiger partial charge in [0.25, 0.3) is 0 Å². The molecule has 0 saturated carbocycles. The fraction of sp³-hybridized carbons (Fsp3) is 0.449. The second-order valence-corrected chi connectivity index (χ2v) is 17.7. The Hall–Kier alpha value is -7.11. The zero-order valence-electron chi connectivity index (χ0n) is 38.4. The molecule has 3 aromatic carbocycles. The molecular weight excluding hydrogens is 859 g/mol. The molecule has 0 aliphatic carbocycles. The van der Waals surface area contributed by atoms with Gasteiger partial charge in [-0.1, -0.05) is 105 Å². The molecule has 9 amide bonds. The number of nitrogens with zero attached hydrogens (tertiary/aromatic N) is 1. The van der Waals surface area contributed by atoms with Gasteiger partial charge in [-0.3, -0.25) is 43.2 Å². The molecule has 0 aromatic heterocycles. The molecule has 2 aliphatic heterocycles. The van der Waals surface area contributed by atoms with Gasteiger partial charge in [-0.2, -0.15) is 0 Å². The molecule has 67 heavy (non-hydrogen) atoms. The Morgan fingerprint density at radius 2 is 0.925 bits per heavy atom. The monoisotopic (exact) mass is 921 g/mol. The number of nitrogens with one attached hydrogen (secondary N) is 7. The van der Waals surface area contributed by atoms with Crippen LogP contribution in [0.15, 0.2) is 91.0 Å². The Balaban J connectivity index is 1.55. The van der Waals surface area contributed by atoms with Gasteiger partial charge in [0.05, 0.1) is 0 Å². The molecule has 2 heterocycles. The Kier molecular flexibility index (Phi) is 18.5. The van der Waals surface area contributed by atoms with E-state index in [1.54, 1.807) is 84.9 Å². The Morgan fingerprint density at radius 3 is 1.37 bits per heavy atom. The van der Waals surface area contributed by atoms with Crippen molar-refractivity contribution in [1.29, 1.82) is 0 Å². The van der Waals surface area contributed by atoms with Crippen LogP contribution >= 0.6 is 0 Å². The van der Waals surface area contributed by atoms with Crippen LogP contribution in [0.5, 0.6) is 0 Å². The highest BCUT2D eigenvalue weighted by atomic mass is 16.2. The van der Waals surface area contributed by atoms with Gasteiger partial charge in [-0.15, -0.1) is 0 Å². The fourth-order valence-corrected chi connectivity index (χ4v) is 8.12. The maximum atomic E-state index is 14.6. The van der Waals surface area contributed by atoms with Crippen molar-refractivity contribution in [1.82, 2.24) is 42.1 Å². The first kappa shape index (κ1) is 50.9. The molecule has 0 bridgehead atoms. The van der Waals surface area contributed by atoms with Crippen molar-refractivity contribution in [3.63, 3.8) is 0 Å². The highest BCUT2D eigenvalue weighted by Crippen LogP contribution is 2.20. The van der Waals surface area contributed by atoms with E-state index in [4.69, 9.17) is 5.73 Å². The summed E-state index contributed by atoms with van der Waals surface area (Å²) in [5.41, 5.74) is 7.44. The van der Waals surface area contributed by atoms with Gasteiger partial charge in [0.2, 0.25) is 53.2 Å². The van der Waals surface area contributed by atoms with Crippen LogP contribution in [0.2, 0.25) is 0 Å². The fourth-order valence-electron chi connectivity index (χ4n) is 8.12. The highest BCUT2D eigenvalue weighted by molar-refractivity contribution is 5.99. The van der Waals surface area contributed by atoms with E-state index in [9.17, 15) is 43.2 Å². The molecule has 18 heteroatoms. The summed E-state index contributed by atoms with van der Waals surface area (Å²) in [6.45, 7) is 6.71.